The first-order chi connectivity index (χ1) is 13.7. The number of hydrogen-bond donors (Lipinski definition) is 2. The minimum absolute atomic E-state index is 0.0310. The highest BCUT2D eigenvalue weighted by atomic mass is 16.5. The predicted molar refractivity (Wildman–Crippen MR) is 105 cm³/mol. The first-order valence-corrected chi connectivity index (χ1v) is 9.41. The molecule has 0 aliphatic carbocycles. The number of aliphatic imine (C=N–C) groups is 1. The van der Waals surface area contributed by atoms with E-state index in [4.69, 9.17) is 9.47 Å². The van der Waals surface area contributed by atoms with Gasteiger partial charge in [0.25, 0.3) is 0 Å². The molecule has 3 atom stereocenters. The molecule has 0 amide bonds. The summed E-state index contributed by atoms with van der Waals surface area (Å²) in [7, 11) is 0. The zero-order chi connectivity index (χ0) is 19.1. The van der Waals surface area contributed by atoms with Gasteiger partial charge in [0.2, 0.25) is 0 Å². The molecule has 3 unspecified atom stereocenters. The van der Waals surface area contributed by atoms with Crippen molar-refractivity contribution in [1.29, 1.82) is 0 Å². The van der Waals surface area contributed by atoms with Crippen LogP contribution in [-0.2, 0) is 16.1 Å². The molecule has 144 valence electrons. The zero-order valence-corrected chi connectivity index (χ0v) is 15.5. The van der Waals surface area contributed by atoms with Crippen LogP contribution in [-0.4, -0.2) is 33.7 Å². The third-order valence-corrected chi connectivity index (χ3v) is 5.26. The molecule has 2 aromatic heterocycles. The van der Waals surface area contributed by atoms with Gasteiger partial charge < -0.3 is 14.5 Å². The molecule has 2 N–H and O–H groups in total. The van der Waals surface area contributed by atoms with E-state index < -0.39 is 5.69 Å². The molecular formula is C20H21N5O3. The first kappa shape index (κ1) is 17.2. The van der Waals surface area contributed by atoms with Crippen LogP contribution in [0.2, 0.25) is 0 Å². The summed E-state index contributed by atoms with van der Waals surface area (Å²) in [6, 6.07) is 12.1. The fraction of sp³-hybridized carbons (Fsp3) is 0.350. The lowest BCUT2D eigenvalue weighted by Crippen LogP contribution is -2.22. The fourth-order valence-corrected chi connectivity index (χ4v) is 4.01. The Labute approximate surface area is 161 Å². The van der Waals surface area contributed by atoms with Crippen LogP contribution >= 0.6 is 0 Å². The summed E-state index contributed by atoms with van der Waals surface area (Å²) in [6.45, 7) is 3.30. The van der Waals surface area contributed by atoms with Crippen LogP contribution in [0.25, 0.3) is 11.0 Å². The number of nitrogens with zero attached hydrogens (tertiary/aromatic N) is 3. The molecule has 2 aliphatic rings. The van der Waals surface area contributed by atoms with Crippen LogP contribution in [0.15, 0.2) is 46.2 Å². The number of nitrogens with one attached hydrogen (secondary N) is 2. The Hall–Kier alpha value is -2.97. The normalized spacial score (nSPS) is 23.2. The van der Waals surface area contributed by atoms with Crippen LogP contribution in [0.4, 0.5) is 5.82 Å². The lowest BCUT2D eigenvalue weighted by Gasteiger charge is -2.20. The Balaban J connectivity index is 1.33. The van der Waals surface area contributed by atoms with E-state index in [1.54, 1.807) is 0 Å². The molecular weight excluding hydrogens is 358 g/mol. The van der Waals surface area contributed by atoms with Crippen molar-refractivity contribution in [3.8, 4) is 0 Å². The van der Waals surface area contributed by atoms with Crippen molar-refractivity contribution < 1.29 is 9.47 Å². The number of rotatable bonds is 5. The second-order valence-corrected chi connectivity index (χ2v) is 7.31. The molecule has 0 spiro atoms. The molecule has 8 nitrogen and oxygen atoms in total. The number of aromatic amines is 1. The largest absolute Gasteiger partial charge is 0.374 e. The monoisotopic (exact) mass is 379 g/mol. The SMILES string of the molecule is CC1CC(COCc2ccccc2)OC1c1cc2[nH]c(=O)nc3c2n1NC=N3. The van der Waals surface area contributed by atoms with Gasteiger partial charge in [-0.2, -0.15) is 4.98 Å². The van der Waals surface area contributed by atoms with Gasteiger partial charge in [0.1, 0.15) is 18.0 Å². The maximum absolute atomic E-state index is 11.8. The average molecular weight is 379 g/mol. The smallest absolute Gasteiger partial charge is 0.347 e. The maximum Gasteiger partial charge on any atom is 0.347 e. The fourth-order valence-electron chi connectivity index (χ4n) is 4.01. The summed E-state index contributed by atoms with van der Waals surface area (Å²) in [5, 5.41) is 0. The van der Waals surface area contributed by atoms with Crippen molar-refractivity contribution in [3.05, 3.63) is 58.1 Å². The summed E-state index contributed by atoms with van der Waals surface area (Å²) in [5.41, 5.74) is 6.28. The first-order valence-electron chi connectivity index (χ1n) is 9.41. The van der Waals surface area contributed by atoms with Gasteiger partial charge >= 0.3 is 5.69 Å². The molecule has 1 aromatic carbocycles. The van der Waals surface area contributed by atoms with E-state index in [0.29, 0.717) is 30.5 Å². The molecule has 1 fully saturated rings. The third kappa shape index (κ3) is 3.00. The maximum atomic E-state index is 11.8. The Kier molecular flexibility index (Phi) is 4.22. The van der Waals surface area contributed by atoms with Crippen molar-refractivity contribution in [2.24, 2.45) is 10.9 Å². The highest BCUT2D eigenvalue weighted by Gasteiger charge is 2.36. The van der Waals surface area contributed by atoms with Gasteiger partial charge in [-0.05, 0) is 24.0 Å². The van der Waals surface area contributed by atoms with Gasteiger partial charge in [-0.15, -0.1) is 0 Å². The van der Waals surface area contributed by atoms with Crippen molar-refractivity contribution in [1.82, 2.24) is 14.6 Å². The van der Waals surface area contributed by atoms with Gasteiger partial charge in [0.15, 0.2) is 5.82 Å². The number of H-pyrrole nitrogens is 1. The molecule has 4 heterocycles. The van der Waals surface area contributed by atoms with Gasteiger partial charge in [0.05, 0.1) is 30.5 Å². The average Bonchev–Trinajstić information content (AvgIpc) is 3.24. The molecule has 0 saturated carbocycles. The summed E-state index contributed by atoms with van der Waals surface area (Å²) in [4.78, 5) is 22.7. The second kappa shape index (κ2) is 6.88. The molecule has 3 aromatic rings. The van der Waals surface area contributed by atoms with Crippen LogP contribution in [0.5, 0.6) is 0 Å². The van der Waals surface area contributed by atoms with E-state index in [0.717, 1.165) is 23.2 Å². The summed E-state index contributed by atoms with van der Waals surface area (Å²) >= 11 is 0. The summed E-state index contributed by atoms with van der Waals surface area (Å²) in [5.74, 6) is 0.729. The number of ether oxygens (including phenoxy) is 2. The van der Waals surface area contributed by atoms with Crippen LogP contribution in [0, 0.1) is 5.92 Å². The van der Waals surface area contributed by atoms with Gasteiger partial charge in [-0.1, -0.05) is 37.3 Å². The quantitative estimate of drug-likeness (QED) is 0.711. The minimum Gasteiger partial charge on any atom is -0.374 e. The summed E-state index contributed by atoms with van der Waals surface area (Å²) < 4.78 is 14.1. The zero-order valence-electron chi connectivity index (χ0n) is 15.5. The standard InChI is InChI=1S/C20H21N5O3/c1-12-7-14(10-27-9-13-5-3-2-4-6-13)28-18(12)16-8-15-17-19(24-20(26)23-15)21-11-22-25(16)17/h2-6,8,11-12,14,18H,7,9-10H2,1H3,(H2,21,22,23,24,26). The lowest BCUT2D eigenvalue weighted by atomic mass is 10.00. The Morgan fingerprint density at radius 1 is 1.32 bits per heavy atom. The molecule has 2 aliphatic heterocycles. The molecule has 0 bridgehead atoms. The lowest BCUT2D eigenvalue weighted by molar-refractivity contribution is -0.0256. The predicted octanol–water partition coefficient (Wildman–Crippen LogP) is 2.62. The van der Waals surface area contributed by atoms with E-state index in [-0.39, 0.29) is 12.2 Å². The highest BCUT2D eigenvalue weighted by molar-refractivity contribution is 5.91. The highest BCUT2D eigenvalue weighted by Crippen LogP contribution is 2.40. The van der Waals surface area contributed by atoms with E-state index in [1.807, 2.05) is 28.9 Å². The van der Waals surface area contributed by atoms with E-state index in [2.05, 4.69) is 39.4 Å². The van der Waals surface area contributed by atoms with E-state index in [1.165, 1.54) is 6.34 Å². The van der Waals surface area contributed by atoms with Crippen LogP contribution in [0.1, 0.15) is 30.7 Å². The Bertz CT molecular complexity index is 1090. The molecule has 28 heavy (non-hydrogen) atoms. The van der Waals surface area contributed by atoms with Crippen molar-refractivity contribution in [3.63, 3.8) is 0 Å². The number of benzene rings is 1. The second-order valence-electron chi connectivity index (χ2n) is 7.31. The van der Waals surface area contributed by atoms with Crippen molar-refractivity contribution in [2.45, 2.75) is 32.2 Å². The van der Waals surface area contributed by atoms with Crippen LogP contribution in [0.3, 0.4) is 0 Å². The topological polar surface area (TPSA) is 93.5 Å². The van der Waals surface area contributed by atoms with Crippen molar-refractivity contribution >= 4 is 23.2 Å². The Morgan fingerprint density at radius 2 is 2.18 bits per heavy atom. The van der Waals surface area contributed by atoms with E-state index >= 15 is 0 Å². The Morgan fingerprint density at radius 3 is 3.04 bits per heavy atom. The third-order valence-electron chi connectivity index (χ3n) is 5.26. The van der Waals surface area contributed by atoms with Gasteiger partial charge in [-0.3, -0.25) is 10.1 Å². The molecule has 1 saturated heterocycles. The van der Waals surface area contributed by atoms with Gasteiger partial charge in [-0.25, -0.2) is 9.79 Å². The molecule has 0 radical (unpaired) electrons. The van der Waals surface area contributed by atoms with Crippen molar-refractivity contribution in [2.75, 3.05) is 12.0 Å². The molecule has 5 rings (SSSR count). The van der Waals surface area contributed by atoms with Gasteiger partial charge in [0, 0.05) is 0 Å². The molecule has 8 heteroatoms. The van der Waals surface area contributed by atoms with E-state index in [9.17, 15) is 4.79 Å². The number of hydrogen-bond acceptors (Lipinski definition) is 6. The number of aromatic nitrogens is 3. The summed E-state index contributed by atoms with van der Waals surface area (Å²) in [6.07, 6.45) is 2.38. The van der Waals surface area contributed by atoms with Crippen LogP contribution < -0.4 is 11.1 Å². The minimum atomic E-state index is -0.405.